The molecule has 1 N–H and O–H groups in total. The highest BCUT2D eigenvalue weighted by Gasteiger charge is 2.36. The molecule has 0 saturated heterocycles. The number of methoxy groups -OCH3 is 1. The molecule has 0 aliphatic rings. The molecule has 4 aromatic heterocycles. The number of aromatic nitrogens is 7. The summed E-state index contributed by atoms with van der Waals surface area (Å²) in [6.45, 7) is 8.83. The van der Waals surface area contributed by atoms with Gasteiger partial charge in [-0.3, -0.25) is 9.29 Å². The van der Waals surface area contributed by atoms with Crippen LogP contribution in [0.2, 0.25) is 0 Å². The Hall–Kier alpha value is -3.91. The van der Waals surface area contributed by atoms with E-state index in [1.54, 1.807) is 41.2 Å². The van der Waals surface area contributed by atoms with E-state index < -0.39 is 27.4 Å². The molecular weight excluding hydrogens is 512 g/mol. The average Bonchev–Trinajstić information content (AvgIpc) is 3.57. The van der Waals surface area contributed by atoms with E-state index in [9.17, 15) is 8.42 Å². The van der Waals surface area contributed by atoms with Crippen molar-refractivity contribution in [2.45, 2.75) is 58.1 Å². The lowest BCUT2D eigenvalue weighted by molar-refractivity contribution is 0.00152. The van der Waals surface area contributed by atoms with E-state index in [2.05, 4.69) is 35.0 Å². The maximum Gasteiger partial charge on any atom is 0.240 e. The maximum atomic E-state index is 13.7. The zero-order chi connectivity index (χ0) is 27.4. The van der Waals surface area contributed by atoms with Gasteiger partial charge >= 0.3 is 0 Å². The normalized spacial score (nSPS) is 14.3. The molecule has 0 aliphatic carbocycles. The summed E-state index contributed by atoms with van der Waals surface area (Å²) in [7, 11) is -2.59. The van der Waals surface area contributed by atoms with E-state index in [-0.39, 0.29) is 17.9 Å². The molecule has 202 valence electrons. The van der Waals surface area contributed by atoms with Crippen molar-refractivity contribution < 1.29 is 22.4 Å². The SMILES string of the molecule is COc1cccc(-c2nnc(NS(=O)(=O)C(C)C(OC(C)C)c3ncc(C)cn3)n2C(C)c2ccon2)n1. The number of hydrogen-bond donors (Lipinski definition) is 1. The van der Waals surface area contributed by atoms with Crippen LogP contribution in [0.25, 0.3) is 11.5 Å². The van der Waals surface area contributed by atoms with Crippen LogP contribution < -0.4 is 9.46 Å². The molecule has 0 amide bonds. The van der Waals surface area contributed by atoms with Crippen molar-refractivity contribution in [2.24, 2.45) is 0 Å². The molecule has 0 aromatic carbocycles. The smallest absolute Gasteiger partial charge is 0.240 e. The monoisotopic (exact) mass is 542 g/mol. The molecule has 3 unspecified atom stereocenters. The zero-order valence-electron chi connectivity index (χ0n) is 21.9. The third-order valence-electron chi connectivity index (χ3n) is 5.75. The van der Waals surface area contributed by atoms with Gasteiger partial charge < -0.3 is 14.0 Å². The summed E-state index contributed by atoms with van der Waals surface area (Å²) in [6.07, 6.45) is 3.47. The molecule has 0 bridgehead atoms. The van der Waals surface area contributed by atoms with Gasteiger partial charge in [0.25, 0.3) is 0 Å². The highest BCUT2D eigenvalue weighted by molar-refractivity contribution is 7.93. The molecule has 0 radical (unpaired) electrons. The molecule has 4 heterocycles. The van der Waals surface area contributed by atoms with Gasteiger partial charge in [-0.15, -0.1) is 10.2 Å². The first-order valence-electron chi connectivity index (χ1n) is 11.9. The van der Waals surface area contributed by atoms with E-state index in [4.69, 9.17) is 14.0 Å². The van der Waals surface area contributed by atoms with Crippen LogP contribution in [0.1, 0.15) is 56.9 Å². The summed E-state index contributed by atoms with van der Waals surface area (Å²) < 4.78 is 47.7. The number of rotatable bonds is 11. The van der Waals surface area contributed by atoms with Gasteiger partial charge in [0.15, 0.2) is 11.6 Å². The number of nitrogens with one attached hydrogen (secondary N) is 1. The lowest BCUT2D eigenvalue weighted by Crippen LogP contribution is -2.35. The predicted molar refractivity (Wildman–Crippen MR) is 138 cm³/mol. The Morgan fingerprint density at radius 2 is 1.79 bits per heavy atom. The number of anilines is 1. The molecule has 14 heteroatoms. The third-order valence-corrected chi connectivity index (χ3v) is 7.45. The lowest BCUT2D eigenvalue weighted by atomic mass is 10.2. The quantitative estimate of drug-likeness (QED) is 0.296. The molecular formula is C24H30N8O5S. The van der Waals surface area contributed by atoms with E-state index in [1.807, 2.05) is 27.7 Å². The second-order valence-corrected chi connectivity index (χ2v) is 11.0. The van der Waals surface area contributed by atoms with Crippen LogP contribution in [0.15, 0.2) is 47.4 Å². The first-order valence-corrected chi connectivity index (χ1v) is 13.5. The zero-order valence-corrected chi connectivity index (χ0v) is 22.7. The van der Waals surface area contributed by atoms with Gasteiger partial charge in [-0.2, -0.15) is 0 Å². The second kappa shape index (κ2) is 11.2. The van der Waals surface area contributed by atoms with Crippen molar-refractivity contribution in [1.82, 2.24) is 34.9 Å². The number of sulfonamides is 1. The maximum absolute atomic E-state index is 13.7. The number of pyridine rings is 1. The summed E-state index contributed by atoms with van der Waals surface area (Å²) in [4.78, 5) is 13.1. The van der Waals surface area contributed by atoms with Crippen LogP contribution in [0, 0.1) is 6.92 Å². The Morgan fingerprint density at radius 3 is 2.42 bits per heavy atom. The molecule has 0 fully saturated rings. The first kappa shape index (κ1) is 27.1. The van der Waals surface area contributed by atoms with Crippen LogP contribution in [-0.4, -0.2) is 61.8 Å². The van der Waals surface area contributed by atoms with E-state index in [1.165, 1.54) is 20.3 Å². The Balaban J connectivity index is 1.74. The topological polar surface area (TPSA) is 160 Å². The Bertz CT molecular complexity index is 1460. The number of aryl methyl sites for hydroxylation is 1. The number of nitrogens with zero attached hydrogens (tertiary/aromatic N) is 7. The minimum atomic E-state index is -4.09. The van der Waals surface area contributed by atoms with Crippen LogP contribution in [0.4, 0.5) is 5.95 Å². The summed E-state index contributed by atoms with van der Waals surface area (Å²) in [5.74, 6) is 0.913. The average molecular weight is 543 g/mol. The molecule has 3 atom stereocenters. The molecule has 13 nitrogen and oxygen atoms in total. The lowest BCUT2D eigenvalue weighted by Gasteiger charge is -2.25. The molecule has 38 heavy (non-hydrogen) atoms. The summed E-state index contributed by atoms with van der Waals surface area (Å²) in [5.41, 5.74) is 1.82. The highest BCUT2D eigenvalue weighted by atomic mass is 32.2. The van der Waals surface area contributed by atoms with Crippen LogP contribution in [0.3, 0.4) is 0 Å². The van der Waals surface area contributed by atoms with Crippen molar-refractivity contribution in [3.8, 4) is 17.4 Å². The predicted octanol–water partition coefficient (Wildman–Crippen LogP) is 3.34. The Morgan fingerprint density at radius 1 is 1.05 bits per heavy atom. The van der Waals surface area contributed by atoms with Gasteiger partial charge in [-0.05, 0) is 46.2 Å². The standard InChI is InChI=1S/C24H30N8O5S/c1-14(2)37-21(22-25-12-15(3)13-26-22)17(5)38(33,34)31-24-29-28-23(19-8-7-9-20(27-19)35-6)32(24)16(4)18-10-11-36-30-18/h7-14,16-17,21H,1-6H3,(H,29,31). The summed E-state index contributed by atoms with van der Waals surface area (Å²) >= 11 is 0. The van der Waals surface area contributed by atoms with Gasteiger partial charge in [-0.1, -0.05) is 11.2 Å². The van der Waals surface area contributed by atoms with Crippen LogP contribution >= 0.6 is 0 Å². The fraction of sp³-hybridized carbons (Fsp3) is 0.417. The van der Waals surface area contributed by atoms with Gasteiger partial charge in [-0.25, -0.2) is 23.4 Å². The summed E-state index contributed by atoms with van der Waals surface area (Å²) in [5, 5.41) is 11.3. The fourth-order valence-electron chi connectivity index (χ4n) is 3.73. The van der Waals surface area contributed by atoms with Crippen molar-refractivity contribution >= 4 is 16.0 Å². The minimum absolute atomic E-state index is 0.0277. The van der Waals surface area contributed by atoms with Crippen LogP contribution in [0.5, 0.6) is 5.88 Å². The number of hydrogen-bond acceptors (Lipinski definition) is 11. The highest BCUT2D eigenvalue weighted by Crippen LogP contribution is 2.31. The van der Waals surface area contributed by atoms with Crippen molar-refractivity contribution in [2.75, 3.05) is 11.8 Å². The van der Waals surface area contributed by atoms with Crippen LogP contribution in [-0.2, 0) is 14.8 Å². The van der Waals surface area contributed by atoms with E-state index in [0.717, 1.165) is 5.56 Å². The van der Waals surface area contributed by atoms with Gasteiger partial charge in [0.2, 0.25) is 21.9 Å². The Labute approximate surface area is 220 Å². The third kappa shape index (κ3) is 5.81. The molecule has 4 aromatic rings. The molecule has 0 spiro atoms. The largest absolute Gasteiger partial charge is 0.481 e. The molecule has 4 rings (SSSR count). The fourth-order valence-corrected chi connectivity index (χ4v) is 4.82. The minimum Gasteiger partial charge on any atom is -0.481 e. The Kier molecular flexibility index (Phi) is 8.02. The number of ether oxygens (including phenoxy) is 2. The van der Waals surface area contributed by atoms with Gasteiger partial charge in [0.05, 0.1) is 19.3 Å². The molecule has 0 aliphatic heterocycles. The van der Waals surface area contributed by atoms with Gasteiger partial charge in [0, 0.05) is 24.5 Å². The van der Waals surface area contributed by atoms with E-state index in [0.29, 0.717) is 23.1 Å². The summed E-state index contributed by atoms with van der Waals surface area (Å²) in [6, 6.07) is 6.33. The van der Waals surface area contributed by atoms with Crippen molar-refractivity contribution in [1.29, 1.82) is 0 Å². The second-order valence-electron chi connectivity index (χ2n) is 8.96. The van der Waals surface area contributed by atoms with Crippen molar-refractivity contribution in [3.05, 3.63) is 60.0 Å². The first-order chi connectivity index (χ1) is 18.1. The van der Waals surface area contributed by atoms with Crippen molar-refractivity contribution in [3.63, 3.8) is 0 Å². The molecule has 0 saturated carbocycles. The van der Waals surface area contributed by atoms with Gasteiger partial charge in [0.1, 0.15) is 29.0 Å². The van der Waals surface area contributed by atoms with E-state index >= 15 is 0 Å².